The first-order chi connectivity index (χ1) is 10.2. The highest BCUT2D eigenvalue weighted by Crippen LogP contribution is 2.44. The Morgan fingerprint density at radius 3 is 1.48 bits per heavy atom. The highest BCUT2D eigenvalue weighted by Gasteiger charge is 2.18. The van der Waals surface area contributed by atoms with Crippen LogP contribution in [0.5, 0.6) is 0 Å². The number of rotatable bonds is 6. The average Bonchev–Trinajstić information content (AvgIpc) is 2.51. The van der Waals surface area contributed by atoms with E-state index < -0.39 is 0 Å². The van der Waals surface area contributed by atoms with Crippen LogP contribution in [0.4, 0.5) is 11.4 Å². The summed E-state index contributed by atoms with van der Waals surface area (Å²) in [7, 11) is 0. The van der Waals surface area contributed by atoms with Crippen LogP contribution in [0.2, 0.25) is 0 Å². The lowest BCUT2D eigenvalue weighted by molar-refractivity contribution is 1.17. The van der Waals surface area contributed by atoms with Crippen LogP contribution >= 0.6 is 11.8 Å². The number of benzene rings is 2. The molecule has 2 aromatic carbocycles. The third-order valence-electron chi connectivity index (χ3n) is 3.33. The Kier molecular flexibility index (Phi) is 5.12. The molecule has 21 heavy (non-hydrogen) atoms. The summed E-state index contributed by atoms with van der Waals surface area (Å²) in [5.41, 5.74) is 15.8. The predicted molar refractivity (Wildman–Crippen MR) is 95.2 cm³/mol. The van der Waals surface area contributed by atoms with Gasteiger partial charge in [0.2, 0.25) is 0 Å². The fourth-order valence-electron chi connectivity index (χ4n) is 2.21. The van der Waals surface area contributed by atoms with E-state index in [2.05, 4.69) is 13.2 Å². The lowest BCUT2D eigenvalue weighted by Crippen LogP contribution is -2.02. The van der Waals surface area contributed by atoms with E-state index >= 15 is 0 Å². The van der Waals surface area contributed by atoms with Crippen molar-refractivity contribution in [3.05, 3.63) is 85.0 Å². The largest absolute Gasteiger partial charge is 0.398 e. The number of para-hydroxylation sites is 2. The van der Waals surface area contributed by atoms with Crippen molar-refractivity contribution in [2.24, 2.45) is 0 Å². The number of thioether (sulfide) groups is 1. The Hall–Kier alpha value is -2.13. The number of hydrogen-bond acceptors (Lipinski definition) is 3. The molecule has 0 saturated heterocycles. The van der Waals surface area contributed by atoms with Crippen LogP contribution in [-0.4, -0.2) is 0 Å². The Balaban J connectivity index is 2.29. The zero-order chi connectivity index (χ0) is 15.2. The Morgan fingerprint density at radius 1 is 0.762 bits per heavy atom. The molecule has 0 saturated carbocycles. The standard InChI is InChI=1S/C18H20N2S/c1-3-17(13-9-5-7-11-15(13)19)21-18(4-2)14-10-6-8-12-16(14)20/h3-12,17-18H,1-2,19-20H2. The summed E-state index contributed by atoms with van der Waals surface area (Å²) in [4.78, 5) is 0. The maximum absolute atomic E-state index is 6.07. The Morgan fingerprint density at radius 2 is 1.14 bits per heavy atom. The van der Waals surface area contributed by atoms with Gasteiger partial charge in [-0.3, -0.25) is 0 Å². The second kappa shape index (κ2) is 7.04. The second-order valence-electron chi connectivity index (χ2n) is 4.71. The van der Waals surface area contributed by atoms with Gasteiger partial charge in [-0.15, -0.1) is 24.9 Å². The molecule has 0 heterocycles. The highest BCUT2D eigenvalue weighted by atomic mass is 32.2. The van der Waals surface area contributed by atoms with Crippen molar-refractivity contribution in [2.45, 2.75) is 10.5 Å². The van der Waals surface area contributed by atoms with E-state index in [4.69, 9.17) is 11.5 Å². The van der Waals surface area contributed by atoms with E-state index in [0.29, 0.717) is 0 Å². The fourth-order valence-corrected chi connectivity index (χ4v) is 3.47. The summed E-state index contributed by atoms with van der Waals surface area (Å²) in [6.45, 7) is 7.88. The zero-order valence-corrected chi connectivity index (χ0v) is 12.7. The molecule has 0 spiro atoms. The van der Waals surface area contributed by atoms with Crippen molar-refractivity contribution >= 4 is 23.1 Å². The van der Waals surface area contributed by atoms with Crippen molar-refractivity contribution < 1.29 is 0 Å². The predicted octanol–water partition coefficient (Wildman–Crippen LogP) is 4.74. The van der Waals surface area contributed by atoms with E-state index in [-0.39, 0.29) is 10.5 Å². The molecule has 108 valence electrons. The quantitative estimate of drug-likeness (QED) is 0.598. The zero-order valence-electron chi connectivity index (χ0n) is 11.9. The van der Waals surface area contributed by atoms with Gasteiger partial charge in [0.15, 0.2) is 0 Å². The van der Waals surface area contributed by atoms with Crippen LogP contribution in [0.1, 0.15) is 21.6 Å². The summed E-state index contributed by atoms with van der Waals surface area (Å²) in [5.74, 6) is 0. The minimum absolute atomic E-state index is 0.0915. The maximum atomic E-state index is 6.07. The number of nitrogens with two attached hydrogens (primary N) is 2. The van der Waals surface area contributed by atoms with Crippen LogP contribution in [0, 0.1) is 0 Å². The molecule has 2 nitrogen and oxygen atoms in total. The molecular formula is C18H20N2S. The van der Waals surface area contributed by atoms with Crippen molar-refractivity contribution in [2.75, 3.05) is 11.5 Å². The molecule has 0 aromatic heterocycles. The second-order valence-corrected chi connectivity index (χ2v) is 5.99. The fraction of sp³-hybridized carbons (Fsp3) is 0.111. The molecule has 0 aliphatic heterocycles. The average molecular weight is 296 g/mol. The van der Waals surface area contributed by atoms with Gasteiger partial charge in [0.1, 0.15) is 0 Å². The molecule has 2 atom stereocenters. The van der Waals surface area contributed by atoms with Crippen molar-refractivity contribution in [1.29, 1.82) is 0 Å². The molecule has 0 radical (unpaired) electrons. The summed E-state index contributed by atoms with van der Waals surface area (Å²) in [5, 5.41) is 0.183. The summed E-state index contributed by atoms with van der Waals surface area (Å²) >= 11 is 1.73. The van der Waals surface area contributed by atoms with E-state index in [1.165, 1.54) is 0 Å². The smallest absolute Gasteiger partial charge is 0.0504 e. The van der Waals surface area contributed by atoms with Gasteiger partial charge in [0, 0.05) is 11.4 Å². The van der Waals surface area contributed by atoms with Crippen molar-refractivity contribution in [1.82, 2.24) is 0 Å². The molecule has 3 heteroatoms. The molecular weight excluding hydrogens is 276 g/mol. The topological polar surface area (TPSA) is 52.0 Å². The van der Waals surface area contributed by atoms with E-state index in [9.17, 15) is 0 Å². The molecule has 4 N–H and O–H groups in total. The molecule has 2 aromatic rings. The van der Waals surface area contributed by atoms with Gasteiger partial charge in [0.05, 0.1) is 10.5 Å². The number of nitrogen functional groups attached to an aromatic ring is 2. The molecule has 2 rings (SSSR count). The minimum Gasteiger partial charge on any atom is -0.398 e. The van der Waals surface area contributed by atoms with Crippen molar-refractivity contribution in [3.63, 3.8) is 0 Å². The van der Waals surface area contributed by atoms with Crippen LogP contribution < -0.4 is 11.5 Å². The normalized spacial score (nSPS) is 13.3. The van der Waals surface area contributed by atoms with Gasteiger partial charge < -0.3 is 11.5 Å². The van der Waals surface area contributed by atoms with Gasteiger partial charge in [-0.2, -0.15) is 0 Å². The molecule has 0 aliphatic rings. The molecule has 0 fully saturated rings. The van der Waals surface area contributed by atoms with Gasteiger partial charge in [0.25, 0.3) is 0 Å². The highest BCUT2D eigenvalue weighted by molar-refractivity contribution is 8.00. The van der Waals surface area contributed by atoms with Gasteiger partial charge in [-0.1, -0.05) is 48.6 Å². The number of anilines is 2. The van der Waals surface area contributed by atoms with E-state index in [1.54, 1.807) is 11.8 Å². The summed E-state index contributed by atoms with van der Waals surface area (Å²) in [6, 6.07) is 15.7. The van der Waals surface area contributed by atoms with Gasteiger partial charge >= 0.3 is 0 Å². The maximum Gasteiger partial charge on any atom is 0.0504 e. The number of hydrogen-bond donors (Lipinski definition) is 2. The first-order valence-electron chi connectivity index (χ1n) is 6.76. The molecule has 2 unspecified atom stereocenters. The Labute approximate surface area is 130 Å². The summed E-state index contributed by atoms with van der Waals surface area (Å²) < 4.78 is 0. The lowest BCUT2D eigenvalue weighted by Gasteiger charge is -2.21. The minimum atomic E-state index is 0.0915. The lowest BCUT2D eigenvalue weighted by atomic mass is 10.1. The first kappa shape index (κ1) is 15.3. The molecule has 0 aliphatic carbocycles. The van der Waals surface area contributed by atoms with Gasteiger partial charge in [-0.25, -0.2) is 0 Å². The monoisotopic (exact) mass is 296 g/mol. The third kappa shape index (κ3) is 3.50. The van der Waals surface area contributed by atoms with E-state index in [1.807, 2.05) is 60.7 Å². The first-order valence-corrected chi connectivity index (χ1v) is 7.71. The SMILES string of the molecule is C=CC(SC(C=C)c1ccccc1N)c1ccccc1N. The van der Waals surface area contributed by atoms with Gasteiger partial charge in [-0.05, 0) is 23.3 Å². The third-order valence-corrected chi connectivity index (χ3v) is 4.81. The van der Waals surface area contributed by atoms with Crippen LogP contribution in [-0.2, 0) is 0 Å². The van der Waals surface area contributed by atoms with Crippen LogP contribution in [0.3, 0.4) is 0 Å². The van der Waals surface area contributed by atoms with E-state index in [0.717, 1.165) is 22.5 Å². The molecule has 0 bridgehead atoms. The van der Waals surface area contributed by atoms with Crippen molar-refractivity contribution in [3.8, 4) is 0 Å². The van der Waals surface area contributed by atoms with Crippen LogP contribution in [0.25, 0.3) is 0 Å². The van der Waals surface area contributed by atoms with Crippen LogP contribution in [0.15, 0.2) is 73.8 Å². The Bertz CT molecular complexity index is 581. The molecule has 0 amide bonds. The summed E-state index contributed by atoms with van der Waals surface area (Å²) in [6.07, 6.45) is 3.82.